The average molecular weight is 327 g/mol. The fourth-order valence-electron chi connectivity index (χ4n) is 3.06. The first-order valence-corrected chi connectivity index (χ1v) is 8.44. The van der Waals surface area contributed by atoms with Crippen molar-refractivity contribution >= 4 is 5.91 Å². The van der Waals surface area contributed by atoms with Crippen LogP contribution in [0.15, 0.2) is 30.7 Å². The SMILES string of the molecule is CC(C)N(C)Cc1cnc2n1CCN(C(=O)c1ccncc1)[C@@H]2C. The number of aromatic nitrogens is 3. The molecule has 0 spiro atoms. The summed E-state index contributed by atoms with van der Waals surface area (Å²) < 4.78 is 2.26. The molecule has 0 aromatic carbocycles. The van der Waals surface area contributed by atoms with Gasteiger partial charge in [-0.3, -0.25) is 14.7 Å². The van der Waals surface area contributed by atoms with Gasteiger partial charge in [0.15, 0.2) is 0 Å². The van der Waals surface area contributed by atoms with E-state index in [1.54, 1.807) is 24.5 Å². The van der Waals surface area contributed by atoms with E-state index in [2.05, 4.69) is 40.3 Å². The third kappa shape index (κ3) is 3.06. The van der Waals surface area contributed by atoms with Crippen molar-refractivity contribution in [2.45, 2.75) is 45.9 Å². The zero-order valence-electron chi connectivity index (χ0n) is 14.8. The fourth-order valence-corrected chi connectivity index (χ4v) is 3.06. The highest BCUT2D eigenvalue weighted by atomic mass is 16.2. The molecule has 6 nitrogen and oxygen atoms in total. The van der Waals surface area contributed by atoms with Crippen molar-refractivity contribution in [3.05, 3.63) is 47.8 Å². The maximum absolute atomic E-state index is 12.7. The van der Waals surface area contributed by atoms with E-state index in [0.29, 0.717) is 18.2 Å². The Kier molecular flexibility index (Phi) is 4.66. The summed E-state index contributed by atoms with van der Waals surface area (Å²) in [6.45, 7) is 8.78. The second-order valence-corrected chi connectivity index (χ2v) is 6.68. The van der Waals surface area contributed by atoms with E-state index in [4.69, 9.17) is 0 Å². The zero-order chi connectivity index (χ0) is 17.3. The molecule has 1 amide bonds. The molecule has 1 aliphatic rings. The first kappa shape index (κ1) is 16.6. The van der Waals surface area contributed by atoms with Crippen LogP contribution in [0.25, 0.3) is 0 Å². The van der Waals surface area contributed by atoms with Crippen molar-refractivity contribution in [2.75, 3.05) is 13.6 Å². The molecule has 0 aliphatic carbocycles. The molecule has 0 radical (unpaired) electrons. The second-order valence-electron chi connectivity index (χ2n) is 6.68. The molecular weight excluding hydrogens is 302 g/mol. The summed E-state index contributed by atoms with van der Waals surface area (Å²) in [6, 6.07) is 3.98. The van der Waals surface area contributed by atoms with E-state index in [-0.39, 0.29) is 11.9 Å². The Bertz CT molecular complexity index is 709. The van der Waals surface area contributed by atoms with Crippen molar-refractivity contribution in [1.29, 1.82) is 0 Å². The summed E-state index contributed by atoms with van der Waals surface area (Å²) in [6.07, 6.45) is 5.26. The van der Waals surface area contributed by atoms with E-state index >= 15 is 0 Å². The van der Waals surface area contributed by atoms with E-state index in [1.165, 1.54) is 5.69 Å². The van der Waals surface area contributed by atoms with E-state index in [9.17, 15) is 4.79 Å². The molecule has 3 heterocycles. The van der Waals surface area contributed by atoms with Gasteiger partial charge in [-0.25, -0.2) is 4.98 Å². The Labute approximate surface area is 143 Å². The Morgan fingerprint density at radius 2 is 2.04 bits per heavy atom. The maximum Gasteiger partial charge on any atom is 0.254 e. The van der Waals surface area contributed by atoms with E-state index < -0.39 is 0 Å². The number of imidazole rings is 1. The second kappa shape index (κ2) is 6.73. The molecule has 0 unspecified atom stereocenters. The summed E-state index contributed by atoms with van der Waals surface area (Å²) in [7, 11) is 2.12. The van der Waals surface area contributed by atoms with Crippen molar-refractivity contribution in [1.82, 2.24) is 24.3 Å². The first-order chi connectivity index (χ1) is 11.5. The van der Waals surface area contributed by atoms with Crippen LogP contribution in [0.4, 0.5) is 0 Å². The monoisotopic (exact) mass is 327 g/mol. The number of nitrogens with zero attached hydrogens (tertiary/aromatic N) is 5. The van der Waals surface area contributed by atoms with Gasteiger partial charge in [0, 0.05) is 49.8 Å². The summed E-state index contributed by atoms with van der Waals surface area (Å²) >= 11 is 0. The topological polar surface area (TPSA) is 54.3 Å². The van der Waals surface area contributed by atoms with Crippen LogP contribution in [0, 0.1) is 0 Å². The van der Waals surface area contributed by atoms with Crippen LogP contribution in [-0.4, -0.2) is 49.9 Å². The highest BCUT2D eigenvalue weighted by molar-refractivity contribution is 5.94. The Balaban J connectivity index is 1.80. The van der Waals surface area contributed by atoms with Gasteiger partial charge in [-0.2, -0.15) is 0 Å². The summed E-state index contributed by atoms with van der Waals surface area (Å²) in [5, 5.41) is 0. The van der Waals surface area contributed by atoms with E-state index in [0.717, 1.165) is 18.9 Å². The molecular formula is C18H25N5O. The van der Waals surface area contributed by atoms with Crippen LogP contribution in [0.5, 0.6) is 0 Å². The number of pyridine rings is 1. The normalized spacial score (nSPS) is 17.4. The molecule has 128 valence electrons. The van der Waals surface area contributed by atoms with Crippen LogP contribution < -0.4 is 0 Å². The molecule has 6 heteroatoms. The summed E-state index contributed by atoms with van der Waals surface area (Å²) in [5.41, 5.74) is 1.89. The Morgan fingerprint density at radius 3 is 2.71 bits per heavy atom. The number of fused-ring (bicyclic) bond motifs is 1. The van der Waals surface area contributed by atoms with Gasteiger partial charge in [0.2, 0.25) is 0 Å². The standard InChI is InChI=1S/C18H25N5O/c1-13(2)21(4)12-16-11-20-17-14(3)22(9-10-23(16)17)18(24)15-5-7-19-8-6-15/h5-8,11,13-14H,9-10,12H2,1-4H3/t14-/m1/s1. The molecule has 2 aromatic heterocycles. The van der Waals surface area contributed by atoms with Crippen LogP contribution in [0.2, 0.25) is 0 Å². The minimum atomic E-state index is -0.0301. The van der Waals surface area contributed by atoms with Crippen LogP contribution in [0.1, 0.15) is 48.7 Å². The molecule has 0 saturated heterocycles. The van der Waals surface area contributed by atoms with Gasteiger partial charge in [0.25, 0.3) is 5.91 Å². The highest BCUT2D eigenvalue weighted by Gasteiger charge is 2.31. The predicted molar refractivity (Wildman–Crippen MR) is 92.5 cm³/mol. The lowest BCUT2D eigenvalue weighted by molar-refractivity contribution is 0.0634. The van der Waals surface area contributed by atoms with E-state index in [1.807, 2.05) is 18.0 Å². The van der Waals surface area contributed by atoms with Gasteiger partial charge in [0.1, 0.15) is 5.82 Å². The predicted octanol–water partition coefficient (Wildman–Crippen LogP) is 2.34. The molecule has 24 heavy (non-hydrogen) atoms. The van der Waals surface area contributed by atoms with Gasteiger partial charge in [-0.1, -0.05) is 0 Å². The van der Waals surface area contributed by atoms with Gasteiger partial charge in [0.05, 0.1) is 11.7 Å². The number of hydrogen-bond acceptors (Lipinski definition) is 4. The van der Waals surface area contributed by atoms with Gasteiger partial charge in [-0.15, -0.1) is 0 Å². The largest absolute Gasteiger partial charge is 0.327 e. The van der Waals surface area contributed by atoms with Gasteiger partial charge < -0.3 is 9.47 Å². The lowest BCUT2D eigenvalue weighted by Crippen LogP contribution is -2.41. The quantitative estimate of drug-likeness (QED) is 0.865. The number of carbonyl (C=O) groups is 1. The minimum Gasteiger partial charge on any atom is -0.327 e. The highest BCUT2D eigenvalue weighted by Crippen LogP contribution is 2.27. The zero-order valence-corrected chi connectivity index (χ0v) is 14.8. The number of hydrogen-bond donors (Lipinski definition) is 0. The summed E-state index contributed by atoms with van der Waals surface area (Å²) in [5.74, 6) is 1.01. The van der Waals surface area contributed by atoms with Crippen LogP contribution in [0.3, 0.4) is 0 Å². The van der Waals surface area contributed by atoms with Gasteiger partial charge >= 0.3 is 0 Å². The lowest BCUT2D eigenvalue weighted by Gasteiger charge is -2.35. The Morgan fingerprint density at radius 1 is 1.33 bits per heavy atom. The van der Waals surface area contributed by atoms with Crippen LogP contribution >= 0.6 is 0 Å². The third-order valence-corrected chi connectivity index (χ3v) is 4.86. The van der Waals surface area contributed by atoms with Crippen molar-refractivity contribution < 1.29 is 4.79 Å². The molecule has 1 atom stereocenters. The van der Waals surface area contributed by atoms with Crippen molar-refractivity contribution in [3.63, 3.8) is 0 Å². The maximum atomic E-state index is 12.7. The van der Waals surface area contributed by atoms with Crippen molar-refractivity contribution in [3.8, 4) is 0 Å². The number of amides is 1. The third-order valence-electron chi connectivity index (χ3n) is 4.86. The number of carbonyl (C=O) groups excluding carboxylic acids is 1. The molecule has 1 aliphatic heterocycles. The molecule has 3 rings (SSSR count). The summed E-state index contributed by atoms with van der Waals surface area (Å²) in [4.78, 5) is 25.5. The average Bonchev–Trinajstić information content (AvgIpc) is 2.99. The minimum absolute atomic E-state index is 0.0301. The lowest BCUT2D eigenvalue weighted by atomic mass is 10.1. The fraction of sp³-hybridized carbons (Fsp3) is 0.500. The van der Waals surface area contributed by atoms with Gasteiger partial charge in [-0.05, 0) is 40.0 Å². The first-order valence-electron chi connectivity index (χ1n) is 8.44. The van der Waals surface area contributed by atoms with Crippen LogP contribution in [-0.2, 0) is 13.1 Å². The molecule has 0 saturated carbocycles. The number of rotatable bonds is 4. The molecule has 0 fully saturated rings. The van der Waals surface area contributed by atoms with Crippen molar-refractivity contribution in [2.24, 2.45) is 0 Å². The molecule has 2 aromatic rings. The Hall–Kier alpha value is -2.21. The molecule has 0 N–H and O–H groups in total. The molecule has 0 bridgehead atoms. The smallest absolute Gasteiger partial charge is 0.254 e.